The summed E-state index contributed by atoms with van der Waals surface area (Å²) in [4.78, 5) is 4.48. The van der Waals surface area contributed by atoms with Crippen molar-refractivity contribution in [3.63, 3.8) is 0 Å². The van der Waals surface area contributed by atoms with Gasteiger partial charge in [-0.15, -0.1) is 0 Å². The Kier molecular flexibility index (Phi) is 1.89. The zero-order valence-corrected chi connectivity index (χ0v) is 7.83. The lowest BCUT2D eigenvalue weighted by Gasteiger charge is -2.05. The maximum absolute atomic E-state index is 4.48. The third-order valence-corrected chi connectivity index (χ3v) is 2.15. The van der Waals surface area contributed by atoms with Gasteiger partial charge in [0.1, 0.15) is 5.82 Å². The number of nitrogens with one attached hydrogen (secondary N) is 1. The van der Waals surface area contributed by atoms with Crippen LogP contribution in [-0.4, -0.2) is 12.0 Å². The number of aromatic nitrogens is 1. The number of rotatable bonds is 1. The van der Waals surface area contributed by atoms with Gasteiger partial charge in [-0.05, 0) is 24.6 Å². The van der Waals surface area contributed by atoms with Gasteiger partial charge in [-0.3, -0.25) is 0 Å². The van der Waals surface area contributed by atoms with Crippen molar-refractivity contribution in [3.8, 4) is 0 Å². The number of anilines is 1. The fourth-order valence-electron chi connectivity index (χ4n) is 1.47. The van der Waals surface area contributed by atoms with Crippen LogP contribution in [0.4, 0.5) is 5.82 Å². The minimum absolute atomic E-state index is 0.957. The van der Waals surface area contributed by atoms with Gasteiger partial charge in [0, 0.05) is 12.4 Å². The molecule has 13 heavy (non-hydrogen) atoms. The third kappa shape index (κ3) is 1.35. The first-order valence-corrected chi connectivity index (χ1v) is 4.35. The van der Waals surface area contributed by atoms with E-state index in [9.17, 15) is 0 Å². The van der Waals surface area contributed by atoms with Crippen molar-refractivity contribution in [2.45, 2.75) is 6.92 Å². The summed E-state index contributed by atoms with van der Waals surface area (Å²) in [6, 6.07) is 10.3. The summed E-state index contributed by atoms with van der Waals surface area (Å²) in [7, 11) is 1.89. The molecule has 0 fully saturated rings. The molecule has 1 N–H and O–H groups in total. The number of fused-ring (bicyclic) bond motifs is 1. The van der Waals surface area contributed by atoms with Crippen LogP contribution in [0.25, 0.3) is 10.9 Å². The molecule has 0 bridgehead atoms. The van der Waals surface area contributed by atoms with Gasteiger partial charge >= 0.3 is 0 Å². The van der Waals surface area contributed by atoms with Gasteiger partial charge in [0.15, 0.2) is 0 Å². The van der Waals surface area contributed by atoms with Crippen LogP contribution in [0.2, 0.25) is 0 Å². The molecule has 0 aliphatic heterocycles. The highest BCUT2D eigenvalue weighted by Gasteiger charge is 1.99. The van der Waals surface area contributed by atoms with E-state index in [0.29, 0.717) is 0 Å². The number of hydrogen-bond acceptors (Lipinski definition) is 2. The molecular weight excluding hydrogens is 160 g/mol. The molecule has 0 saturated heterocycles. The van der Waals surface area contributed by atoms with E-state index in [4.69, 9.17) is 0 Å². The molecule has 0 unspecified atom stereocenters. The van der Waals surface area contributed by atoms with Crippen molar-refractivity contribution in [3.05, 3.63) is 35.9 Å². The van der Waals surface area contributed by atoms with E-state index in [2.05, 4.69) is 29.4 Å². The predicted molar refractivity (Wildman–Crippen MR) is 56.0 cm³/mol. The molecule has 1 aromatic carbocycles. The highest BCUT2D eigenvalue weighted by atomic mass is 15.0. The van der Waals surface area contributed by atoms with Gasteiger partial charge in [0.05, 0.1) is 5.52 Å². The van der Waals surface area contributed by atoms with Crippen molar-refractivity contribution < 1.29 is 0 Å². The third-order valence-electron chi connectivity index (χ3n) is 2.15. The molecule has 0 amide bonds. The molecule has 0 spiro atoms. The van der Waals surface area contributed by atoms with Gasteiger partial charge in [-0.1, -0.05) is 18.2 Å². The highest BCUT2D eigenvalue weighted by molar-refractivity contribution is 5.81. The second-order valence-electron chi connectivity index (χ2n) is 3.10. The van der Waals surface area contributed by atoms with Crippen LogP contribution in [0, 0.1) is 6.92 Å². The number of benzene rings is 1. The van der Waals surface area contributed by atoms with E-state index in [0.717, 1.165) is 11.3 Å². The van der Waals surface area contributed by atoms with Crippen molar-refractivity contribution in [1.82, 2.24) is 4.98 Å². The first-order valence-electron chi connectivity index (χ1n) is 4.35. The summed E-state index contributed by atoms with van der Waals surface area (Å²) in [6.45, 7) is 2.06. The number of pyridine rings is 1. The standard InChI is InChI=1S/C11H12N2/c1-8-7-9-5-3-4-6-10(9)13-11(8)12-2/h3-7H,1-2H3,(H,12,13). The fraction of sp³-hybridized carbons (Fsp3) is 0.182. The quantitative estimate of drug-likeness (QED) is 0.715. The number of para-hydroxylation sites is 1. The van der Waals surface area contributed by atoms with Crippen LogP contribution >= 0.6 is 0 Å². The first-order chi connectivity index (χ1) is 6.31. The molecule has 66 valence electrons. The Morgan fingerprint density at radius 1 is 1.23 bits per heavy atom. The van der Waals surface area contributed by atoms with Crippen molar-refractivity contribution in [2.75, 3.05) is 12.4 Å². The second kappa shape index (κ2) is 3.05. The molecule has 1 heterocycles. The zero-order valence-electron chi connectivity index (χ0n) is 7.83. The molecule has 0 aliphatic carbocycles. The molecule has 2 aromatic rings. The molecule has 2 rings (SSSR count). The maximum Gasteiger partial charge on any atom is 0.129 e. The van der Waals surface area contributed by atoms with Gasteiger partial charge < -0.3 is 5.32 Å². The molecule has 0 atom stereocenters. The Labute approximate surface area is 77.6 Å². The summed E-state index contributed by atoms with van der Waals surface area (Å²) < 4.78 is 0. The number of aryl methyl sites for hydroxylation is 1. The Balaban J connectivity index is 2.74. The largest absolute Gasteiger partial charge is 0.373 e. The molecule has 0 aliphatic rings. The Morgan fingerprint density at radius 3 is 2.77 bits per heavy atom. The monoisotopic (exact) mass is 172 g/mol. The zero-order chi connectivity index (χ0) is 9.26. The van der Waals surface area contributed by atoms with Crippen LogP contribution in [0.3, 0.4) is 0 Å². The lowest BCUT2D eigenvalue weighted by molar-refractivity contribution is 1.29. The SMILES string of the molecule is CNc1nc2ccccc2cc1C. The lowest BCUT2D eigenvalue weighted by Crippen LogP contribution is -1.95. The van der Waals surface area contributed by atoms with E-state index in [1.807, 2.05) is 25.2 Å². The van der Waals surface area contributed by atoms with Crippen LogP contribution in [0.5, 0.6) is 0 Å². The highest BCUT2D eigenvalue weighted by Crippen LogP contribution is 2.18. The minimum atomic E-state index is 0.957. The predicted octanol–water partition coefficient (Wildman–Crippen LogP) is 2.58. The van der Waals surface area contributed by atoms with Crippen molar-refractivity contribution in [1.29, 1.82) is 0 Å². The van der Waals surface area contributed by atoms with Gasteiger partial charge in [0.2, 0.25) is 0 Å². The van der Waals surface area contributed by atoms with Gasteiger partial charge in [-0.25, -0.2) is 4.98 Å². The van der Waals surface area contributed by atoms with E-state index >= 15 is 0 Å². The Morgan fingerprint density at radius 2 is 2.00 bits per heavy atom. The first kappa shape index (κ1) is 8.05. The summed E-state index contributed by atoms with van der Waals surface area (Å²) in [5, 5.41) is 4.27. The lowest BCUT2D eigenvalue weighted by atomic mass is 10.1. The van der Waals surface area contributed by atoms with Crippen molar-refractivity contribution in [2.24, 2.45) is 0 Å². The Bertz CT molecular complexity index is 435. The van der Waals surface area contributed by atoms with Crippen LogP contribution in [-0.2, 0) is 0 Å². The van der Waals surface area contributed by atoms with Gasteiger partial charge in [0.25, 0.3) is 0 Å². The average Bonchev–Trinajstić information content (AvgIpc) is 2.17. The molecule has 0 saturated carbocycles. The molecule has 0 radical (unpaired) electrons. The van der Waals surface area contributed by atoms with Crippen LogP contribution in [0.1, 0.15) is 5.56 Å². The molecule has 1 aromatic heterocycles. The molecular formula is C11H12N2. The van der Waals surface area contributed by atoms with E-state index in [1.54, 1.807) is 0 Å². The topological polar surface area (TPSA) is 24.9 Å². The fourth-order valence-corrected chi connectivity index (χ4v) is 1.47. The van der Waals surface area contributed by atoms with E-state index < -0.39 is 0 Å². The minimum Gasteiger partial charge on any atom is -0.373 e. The smallest absolute Gasteiger partial charge is 0.129 e. The average molecular weight is 172 g/mol. The van der Waals surface area contributed by atoms with Gasteiger partial charge in [-0.2, -0.15) is 0 Å². The summed E-state index contributed by atoms with van der Waals surface area (Å²) in [5.41, 5.74) is 2.22. The van der Waals surface area contributed by atoms with Crippen LogP contribution in [0.15, 0.2) is 30.3 Å². The normalized spacial score (nSPS) is 10.3. The van der Waals surface area contributed by atoms with E-state index in [1.165, 1.54) is 10.9 Å². The molecule has 2 heteroatoms. The van der Waals surface area contributed by atoms with Crippen LogP contribution < -0.4 is 5.32 Å². The van der Waals surface area contributed by atoms with E-state index in [-0.39, 0.29) is 0 Å². The Hall–Kier alpha value is -1.57. The second-order valence-corrected chi connectivity index (χ2v) is 3.10. The number of nitrogens with zero attached hydrogens (tertiary/aromatic N) is 1. The summed E-state index contributed by atoms with van der Waals surface area (Å²) >= 11 is 0. The summed E-state index contributed by atoms with van der Waals surface area (Å²) in [5.74, 6) is 0.957. The summed E-state index contributed by atoms with van der Waals surface area (Å²) in [6.07, 6.45) is 0. The molecule has 2 nitrogen and oxygen atoms in total. The van der Waals surface area contributed by atoms with Crippen molar-refractivity contribution >= 4 is 16.7 Å². The maximum atomic E-state index is 4.48. The number of hydrogen-bond donors (Lipinski definition) is 1.